The van der Waals surface area contributed by atoms with Crippen LogP contribution in [0.15, 0.2) is 35.9 Å². The van der Waals surface area contributed by atoms with Gasteiger partial charge in [-0.25, -0.2) is 4.79 Å². The lowest BCUT2D eigenvalue weighted by atomic mass is 10.1. The van der Waals surface area contributed by atoms with E-state index in [1.54, 1.807) is 13.0 Å². The summed E-state index contributed by atoms with van der Waals surface area (Å²) in [6.45, 7) is 4.35. The van der Waals surface area contributed by atoms with E-state index in [4.69, 9.17) is 11.6 Å². The zero-order chi connectivity index (χ0) is 13.5. The Hall–Kier alpha value is -1.32. The van der Waals surface area contributed by atoms with Crippen molar-refractivity contribution in [3.05, 3.63) is 46.5 Å². The number of ether oxygens (including phenoxy) is 1. The highest BCUT2D eigenvalue weighted by atomic mass is 35.5. The van der Waals surface area contributed by atoms with E-state index >= 15 is 0 Å². The number of carbonyl (C=O) groups excluding carboxylic acids is 1. The maximum absolute atomic E-state index is 11.2. The summed E-state index contributed by atoms with van der Waals surface area (Å²) in [5.41, 5.74) is 1.64. The van der Waals surface area contributed by atoms with Crippen molar-refractivity contribution in [1.29, 1.82) is 0 Å². The van der Waals surface area contributed by atoms with Gasteiger partial charge in [-0.05, 0) is 25.5 Å². The van der Waals surface area contributed by atoms with Gasteiger partial charge in [0.05, 0.1) is 7.11 Å². The first kappa shape index (κ1) is 14.7. The Balaban J connectivity index is 2.55. The van der Waals surface area contributed by atoms with Crippen molar-refractivity contribution >= 4 is 17.6 Å². The molecule has 0 bridgehead atoms. The summed E-state index contributed by atoms with van der Waals surface area (Å²) in [6.07, 6.45) is 1.80. The van der Waals surface area contributed by atoms with Gasteiger partial charge >= 0.3 is 5.97 Å². The topological polar surface area (TPSA) is 38.3 Å². The van der Waals surface area contributed by atoms with Gasteiger partial charge in [-0.2, -0.15) is 0 Å². The number of esters is 1. The van der Waals surface area contributed by atoms with Crippen LogP contribution in [0.25, 0.3) is 0 Å². The second-order valence-corrected chi connectivity index (χ2v) is 4.44. The first-order chi connectivity index (χ1) is 8.56. The monoisotopic (exact) mass is 267 g/mol. The molecule has 0 unspecified atom stereocenters. The Labute approximate surface area is 113 Å². The van der Waals surface area contributed by atoms with Crippen LogP contribution in [0, 0.1) is 0 Å². The summed E-state index contributed by atoms with van der Waals surface area (Å²) in [5, 5.41) is 4.02. The van der Waals surface area contributed by atoms with Crippen LogP contribution in [0.1, 0.15) is 25.5 Å². The molecule has 4 heteroatoms. The maximum atomic E-state index is 11.2. The van der Waals surface area contributed by atoms with E-state index in [0.29, 0.717) is 12.1 Å². The second-order valence-electron chi connectivity index (χ2n) is 4.03. The number of methoxy groups -OCH3 is 1. The number of benzene rings is 1. The number of hydrogen-bond acceptors (Lipinski definition) is 3. The zero-order valence-corrected chi connectivity index (χ0v) is 11.6. The molecule has 0 radical (unpaired) electrons. The molecule has 1 aromatic carbocycles. The molecule has 18 heavy (non-hydrogen) atoms. The molecular formula is C14H18ClNO2. The van der Waals surface area contributed by atoms with E-state index in [1.807, 2.05) is 31.2 Å². The summed E-state index contributed by atoms with van der Waals surface area (Å²) in [6, 6.07) is 7.83. The molecule has 0 amide bonds. The van der Waals surface area contributed by atoms with Crippen molar-refractivity contribution in [2.24, 2.45) is 0 Å². The Morgan fingerprint density at radius 2 is 2.17 bits per heavy atom. The maximum Gasteiger partial charge on any atom is 0.333 e. The van der Waals surface area contributed by atoms with Gasteiger partial charge in [0.15, 0.2) is 0 Å². The van der Waals surface area contributed by atoms with Crippen molar-refractivity contribution in [1.82, 2.24) is 5.32 Å². The predicted molar refractivity (Wildman–Crippen MR) is 73.6 cm³/mol. The van der Waals surface area contributed by atoms with Crippen molar-refractivity contribution in [3.8, 4) is 0 Å². The molecule has 0 saturated carbocycles. The molecule has 1 aromatic rings. The zero-order valence-electron chi connectivity index (χ0n) is 10.9. The van der Waals surface area contributed by atoms with Crippen LogP contribution in [-0.4, -0.2) is 19.6 Å². The third-order valence-electron chi connectivity index (χ3n) is 2.71. The van der Waals surface area contributed by atoms with Gasteiger partial charge in [-0.15, -0.1) is 0 Å². The van der Waals surface area contributed by atoms with Crippen molar-refractivity contribution < 1.29 is 9.53 Å². The summed E-state index contributed by atoms with van der Waals surface area (Å²) >= 11 is 6.10. The van der Waals surface area contributed by atoms with E-state index < -0.39 is 0 Å². The van der Waals surface area contributed by atoms with Crippen LogP contribution in [0.3, 0.4) is 0 Å². The fourth-order valence-electron chi connectivity index (χ4n) is 1.57. The minimum atomic E-state index is -0.304. The lowest BCUT2D eigenvalue weighted by molar-refractivity contribution is -0.136. The van der Waals surface area contributed by atoms with Crippen molar-refractivity contribution in [3.63, 3.8) is 0 Å². The van der Waals surface area contributed by atoms with Crippen LogP contribution in [0.4, 0.5) is 0 Å². The number of halogens is 1. The number of rotatable bonds is 5. The van der Waals surface area contributed by atoms with Crippen LogP contribution in [0.5, 0.6) is 0 Å². The molecule has 1 rings (SSSR count). The molecule has 0 heterocycles. The van der Waals surface area contributed by atoms with Crippen LogP contribution < -0.4 is 5.32 Å². The Bertz CT molecular complexity index is 443. The van der Waals surface area contributed by atoms with Gasteiger partial charge in [-0.1, -0.05) is 35.9 Å². The predicted octanol–water partition coefficient (Wildman–Crippen LogP) is 3.11. The lowest BCUT2D eigenvalue weighted by Gasteiger charge is -2.14. The summed E-state index contributed by atoms with van der Waals surface area (Å²) < 4.78 is 4.62. The van der Waals surface area contributed by atoms with E-state index in [-0.39, 0.29) is 12.0 Å². The molecule has 0 saturated heterocycles. The Morgan fingerprint density at radius 3 is 2.78 bits per heavy atom. The molecule has 0 aliphatic heterocycles. The highest BCUT2D eigenvalue weighted by Gasteiger charge is 2.08. The molecule has 3 nitrogen and oxygen atoms in total. The smallest absolute Gasteiger partial charge is 0.333 e. The van der Waals surface area contributed by atoms with Gasteiger partial charge in [-0.3, -0.25) is 0 Å². The third kappa shape index (κ3) is 4.17. The van der Waals surface area contributed by atoms with Gasteiger partial charge in [0.1, 0.15) is 0 Å². The summed E-state index contributed by atoms with van der Waals surface area (Å²) in [5.74, 6) is -0.304. The fraction of sp³-hybridized carbons (Fsp3) is 0.357. The average molecular weight is 268 g/mol. The molecule has 1 atom stereocenters. The van der Waals surface area contributed by atoms with Gasteiger partial charge in [0, 0.05) is 23.2 Å². The third-order valence-corrected chi connectivity index (χ3v) is 3.06. The lowest BCUT2D eigenvalue weighted by Crippen LogP contribution is -2.19. The van der Waals surface area contributed by atoms with Crippen LogP contribution >= 0.6 is 11.6 Å². The molecule has 0 aliphatic rings. The number of nitrogens with one attached hydrogen (secondary N) is 1. The fourth-order valence-corrected chi connectivity index (χ4v) is 1.87. The first-order valence-electron chi connectivity index (χ1n) is 5.79. The molecule has 0 aromatic heterocycles. The average Bonchev–Trinajstić information content (AvgIpc) is 2.37. The molecule has 0 aliphatic carbocycles. The van der Waals surface area contributed by atoms with Gasteiger partial charge < -0.3 is 10.1 Å². The summed E-state index contributed by atoms with van der Waals surface area (Å²) in [7, 11) is 1.37. The quantitative estimate of drug-likeness (QED) is 0.658. The Kier molecular flexibility index (Phi) is 5.89. The Morgan fingerprint density at radius 1 is 1.50 bits per heavy atom. The van der Waals surface area contributed by atoms with E-state index in [0.717, 1.165) is 10.6 Å². The minimum absolute atomic E-state index is 0.125. The normalized spacial score (nSPS) is 13.2. The van der Waals surface area contributed by atoms with E-state index in [1.165, 1.54) is 7.11 Å². The van der Waals surface area contributed by atoms with E-state index in [2.05, 4.69) is 10.1 Å². The second kappa shape index (κ2) is 7.19. The van der Waals surface area contributed by atoms with Gasteiger partial charge in [0.25, 0.3) is 0 Å². The van der Waals surface area contributed by atoms with Crippen molar-refractivity contribution in [2.45, 2.75) is 19.9 Å². The molecule has 1 N–H and O–H groups in total. The standard InChI is InChI=1S/C14H18ClNO2/c1-10(14(17)18-3)8-9-16-11(2)12-6-4-5-7-13(12)15/h4-8,11,16H,9H2,1-3H3/b10-8+/t11-/m1/s1. The molecular weight excluding hydrogens is 250 g/mol. The molecule has 0 spiro atoms. The van der Waals surface area contributed by atoms with Crippen LogP contribution in [-0.2, 0) is 9.53 Å². The summed E-state index contributed by atoms with van der Waals surface area (Å²) in [4.78, 5) is 11.2. The minimum Gasteiger partial charge on any atom is -0.466 e. The highest BCUT2D eigenvalue weighted by Crippen LogP contribution is 2.21. The van der Waals surface area contributed by atoms with Gasteiger partial charge in [0.2, 0.25) is 0 Å². The van der Waals surface area contributed by atoms with Crippen molar-refractivity contribution in [2.75, 3.05) is 13.7 Å². The first-order valence-corrected chi connectivity index (χ1v) is 6.17. The van der Waals surface area contributed by atoms with E-state index in [9.17, 15) is 4.79 Å². The number of carbonyl (C=O) groups is 1. The highest BCUT2D eigenvalue weighted by molar-refractivity contribution is 6.31. The largest absolute Gasteiger partial charge is 0.466 e. The SMILES string of the molecule is COC(=O)/C(C)=C/CN[C@H](C)c1ccccc1Cl. The van der Waals surface area contributed by atoms with Crippen LogP contribution in [0.2, 0.25) is 5.02 Å². The molecule has 0 fully saturated rings. The molecule has 98 valence electrons. The number of hydrogen-bond donors (Lipinski definition) is 1.